The molecule has 0 amide bonds. The van der Waals surface area contributed by atoms with Gasteiger partial charge in [0, 0.05) is 25.4 Å². The Kier molecular flexibility index (Phi) is 3.48. The van der Waals surface area contributed by atoms with Crippen molar-refractivity contribution in [3.8, 4) is 0 Å². The van der Waals surface area contributed by atoms with Crippen LogP contribution in [0.3, 0.4) is 0 Å². The van der Waals surface area contributed by atoms with Gasteiger partial charge >= 0.3 is 0 Å². The second-order valence-electron chi connectivity index (χ2n) is 3.80. The summed E-state index contributed by atoms with van der Waals surface area (Å²) in [6, 6.07) is 0. The van der Waals surface area contributed by atoms with Gasteiger partial charge in [-0.25, -0.2) is 4.98 Å². The van der Waals surface area contributed by atoms with Gasteiger partial charge < -0.3 is 9.67 Å². The van der Waals surface area contributed by atoms with Gasteiger partial charge in [-0.05, 0) is 12.3 Å². The fourth-order valence-corrected chi connectivity index (χ4v) is 1.43. The molecule has 0 aromatic carbocycles. The van der Waals surface area contributed by atoms with Crippen molar-refractivity contribution in [1.29, 1.82) is 0 Å². The normalized spacial score (nSPS) is 11.2. The zero-order valence-corrected chi connectivity index (χ0v) is 8.62. The maximum atomic E-state index is 8.78. The van der Waals surface area contributed by atoms with Gasteiger partial charge in [-0.15, -0.1) is 0 Å². The van der Waals surface area contributed by atoms with Gasteiger partial charge in [-0.3, -0.25) is 0 Å². The Bertz CT molecular complexity index is 266. The van der Waals surface area contributed by atoms with Gasteiger partial charge in [0.2, 0.25) is 0 Å². The SMILES string of the molecule is CC(C)Cc1cnc(CCO)n1C. The summed E-state index contributed by atoms with van der Waals surface area (Å²) in [4.78, 5) is 4.26. The highest BCUT2D eigenvalue weighted by Gasteiger charge is 2.06. The lowest BCUT2D eigenvalue weighted by molar-refractivity contribution is 0.295. The van der Waals surface area contributed by atoms with Gasteiger partial charge in [0.05, 0.1) is 6.61 Å². The van der Waals surface area contributed by atoms with Gasteiger partial charge in [-0.1, -0.05) is 13.8 Å². The average molecular weight is 182 g/mol. The molecule has 0 radical (unpaired) electrons. The Morgan fingerprint density at radius 3 is 2.77 bits per heavy atom. The van der Waals surface area contributed by atoms with Crippen LogP contribution >= 0.6 is 0 Å². The van der Waals surface area contributed by atoms with Gasteiger partial charge in [0.1, 0.15) is 5.82 Å². The van der Waals surface area contributed by atoms with Crippen LogP contribution in [0.5, 0.6) is 0 Å². The van der Waals surface area contributed by atoms with Crippen LogP contribution in [0.4, 0.5) is 0 Å². The molecule has 3 heteroatoms. The largest absolute Gasteiger partial charge is 0.396 e. The van der Waals surface area contributed by atoms with Crippen molar-refractivity contribution in [1.82, 2.24) is 9.55 Å². The lowest BCUT2D eigenvalue weighted by Crippen LogP contribution is -2.06. The molecule has 13 heavy (non-hydrogen) atoms. The molecule has 74 valence electrons. The molecule has 1 aromatic heterocycles. The van der Waals surface area contributed by atoms with E-state index >= 15 is 0 Å². The van der Waals surface area contributed by atoms with E-state index in [4.69, 9.17) is 5.11 Å². The van der Waals surface area contributed by atoms with E-state index < -0.39 is 0 Å². The molecule has 0 aliphatic carbocycles. The van der Waals surface area contributed by atoms with E-state index in [0.717, 1.165) is 12.2 Å². The monoisotopic (exact) mass is 182 g/mol. The van der Waals surface area contributed by atoms with Crippen LogP contribution in [-0.2, 0) is 19.9 Å². The van der Waals surface area contributed by atoms with E-state index in [9.17, 15) is 0 Å². The Balaban J connectivity index is 2.74. The summed E-state index contributed by atoms with van der Waals surface area (Å²) in [5.41, 5.74) is 1.25. The van der Waals surface area contributed by atoms with Crippen LogP contribution < -0.4 is 0 Å². The van der Waals surface area contributed by atoms with Gasteiger partial charge in [-0.2, -0.15) is 0 Å². The molecule has 0 spiro atoms. The third-order valence-electron chi connectivity index (χ3n) is 2.13. The molecule has 1 heterocycles. The van der Waals surface area contributed by atoms with Crippen molar-refractivity contribution >= 4 is 0 Å². The highest BCUT2D eigenvalue weighted by Crippen LogP contribution is 2.09. The smallest absolute Gasteiger partial charge is 0.110 e. The Morgan fingerprint density at radius 2 is 2.23 bits per heavy atom. The molecule has 0 bridgehead atoms. The summed E-state index contributed by atoms with van der Waals surface area (Å²) in [5, 5.41) is 8.78. The molecule has 0 fully saturated rings. The summed E-state index contributed by atoms with van der Waals surface area (Å²) in [6.07, 6.45) is 3.61. The summed E-state index contributed by atoms with van der Waals surface area (Å²) >= 11 is 0. The first kappa shape index (κ1) is 10.3. The first-order valence-electron chi connectivity index (χ1n) is 4.75. The fraction of sp³-hybridized carbons (Fsp3) is 0.700. The predicted molar refractivity (Wildman–Crippen MR) is 52.5 cm³/mol. The molecule has 0 aliphatic heterocycles. The van der Waals surface area contributed by atoms with Crippen LogP contribution in [0.15, 0.2) is 6.20 Å². The lowest BCUT2D eigenvalue weighted by atomic mass is 10.1. The number of aliphatic hydroxyl groups excluding tert-OH is 1. The number of aliphatic hydroxyl groups is 1. The summed E-state index contributed by atoms with van der Waals surface area (Å²) in [6.45, 7) is 4.56. The predicted octanol–water partition coefficient (Wildman–Crippen LogP) is 1.15. The molecule has 1 rings (SSSR count). The zero-order valence-electron chi connectivity index (χ0n) is 8.62. The summed E-state index contributed by atoms with van der Waals surface area (Å²) in [7, 11) is 2.01. The first-order chi connectivity index (χ1) is 6.15. The van der Waals surface area contributed by atoms with Crippen molar-refractivity contribution in [3.63, 3.8) is 0 Å². The second kappa shape index (κ2) is 4.42. The molecular formula is C10H18N2O. The van der Waals surface area contributed by atoms with Crippen molar-refractivity contribution < 1.29 is 5.11 Å². The molecule has 0 aliphatic rings. The molecule has 0 saturated heterocycles. The van der Waals surface area contributed by atoms with Crippen LogP contribution in [0.25, 0.3) is 0 Å². The van der Waals surface area contributed by atoms with Crippen LogP contribution in [0.2, 0.25) is 0 Å². The van der Waals surface area contributed by atoms with E-state index in [0.29, 0.717) is 12.3 Å². The number of imidazole rings is 1. The van der Waals surface area contributed by atoms with Crippen molar-refractivity contribution in [2.24, 2.45) is 13.0 Å². The molecule has 0 saturated carbocycles. The Morgan fingerprint density at radius 1 is 1.54 bits per heavy atom. The fourth-order valence-electron chi connectivity index (χ4n) is 1.43. The van der Waals surface area contributed by atoms with E-state index in [1.807, 2.05) is 13.2 Å². The van der Waals surface area contributed by atoms with Crippen molar-refractivity contribution in [2.45, 2.75) is 26.7 Å². The topological polar surface area (TPSA) is 38.1 Å². The molecular weight excluding hydrogens is 164 g/mol. The highest BCUT2D eigenvalue weighted by molar-refractivity contribution is 5.05. The molecule has 1 aromatic rings. The van der Waals surface area contributed by atoms with E-state index in [2.05, 4.69) is 23.4 Å². The van der Waals surface area contributed by atoms with E-state index in [-0.39, 0.29) is 6.61 Å². The third-order valence-corrected chi connectivity index (χ3v) is 2.13. The first-order valence-corrected chi connectivity index (χ1v) is 4.75. The van der Waals surface area contributed by atoms with Crippen LogP contribution in [0, 0.1) is 5.92 Å². The number of hydrogen-bond donors (Lipinski definition) is 1. The Labute approximate surface area is 79.4 Å². The number of aromatic nitrogens is 2. The highest BCUT2D eigenvalue weighted by atomic mass is 16.3. The van der Waals surface area contributed by atoms with Gasteiger partial charge in [0.15, 0.2) is 0 Å². The van der Waals surface area contributed by atoms with Crippen LogP contribution in [-0.4, -0.2) is 21.3 Å². The van der Waals surface area contributed by atoms with Gasteiger partial charge in [0.25, 0.3) is 0 Å². The van der Waals surface area contributed by atoms with Crippen LogP contribution in [0.1, 0.15) is 25.4 Å². The lowest BCUT2D eigenvalue weighted by Gasteiger charge is -2.06. The number of nitrogens with zero attached hydrogens (tertiary/aromatic N) is 2. The molecule has 1 N–H and O–H groups in total. The maximum Gasteiger partial charge on any atom is 0.110 e. The average Bonchev–Trinajstić information content (AvgIpc) is 2.36. The van der Waals surface area contributed by atoms with Crippen molar-refractivity contribution in [2.75, 3.05) is 6.61 Å². The van der Waals surface area contributed by atoms with E-state index in [1.54, 1.807) is 0 Å². The molecule has 3 nitrogen and oxygen atoms in total. The third kappa shape index (κ3) is 2.56. The standard InChI is InChI=1S/C10H18N2O/c1-8(2)6-9-7-11-10(4-5-13)12(9)3/h7-8,13H,4-6H2,1-3H3. The minimum atomic E-state index is 0.173. The maximum absolute atomic E-state index is 8.78. The Hall–Kier alpha value is -0.830. The quantitative estimate of drug-likeness (QED) is 0.758. The number of rotatable bonds is 4. The molecule has 0 unspecified atom stereocenters. The summed E-state index contributed by atoms with van der Waals surface area (Å²) < 4.78 is 2.08. The number of hydrogen-bond acceptors (Lipinski definition) is 2. The second-order valence-corrected chi connectivity index (χ2v) is 3.80. The molecule has 0 atom stereocenters. The van der Waals surface area contributed by atoms with Crippen molar-refractivity contribution in [3.05, 3.63) is 17.7 Å². The minimum absolute atomic E-state index is 0.173. The zero-order chi connectivity index (χ0) is 9.84. The minimum Gasteiger partial charge on any atom is -0.396 e. The van der Waals surface area contributed by atoms with E-state index in [1.165, 1.54) is 5.69 Å². The summed E-state index contributed by atoms with van der Waals surface area (Å²) in [5.74, 6) is 1.62.